The van der Waals surface area contributed by atoms with Crippen LogP contribution < -0.4 is 10.6 Å². The Balaban J connectivity index is 1.45. The number of nitrogens with one attached hydrogen (secondary N) is 2. The highest BCUT2D eigenvalue weighted by Crippen LogP contribution is 2.38. The summed E-state index contributed by atoms with van der Waals surface area (Å²) in [5.41, 5.74) is 4.31. The molecule has 0 unspecified atom stereocenters. The van der Waals surface area contributed by atoms with Crippen LogP contribution in [-0.2, 0) is 22.6 Å². The molecule has 4 atom stereocenters. The minimum atomic E-state index is -0.755. The van der Waals surface area contributed by atoms with Gasteiger partial charge in [0.05, 0.1) is 24.9 Å². The third kappa shape index (κ3) is 8.27. The van der Waals surface area contributed by atoms with Crippen molar-refractivity contribution in [1.82, 2.24) is 15.5 Å². The Morgan fingerprint density at radius 3 is 2.38 bits per heavy atom. The normalized spacial score (nSPS) is 19.8. The zero-order valence-electron chi connectivity index (χ0n) is 23.0. The molecule has 1 saturated heterocycles. The number of hydrogen-bond donors (Lipinski definition) is 5. The number of aliphatic hydroxyl groups is 2. The fourth-order valence-electron chi connectivity index (χ4n) is 4.79. The summed E-state index contributed by atoms with van der Waals surface area (Å²) < 4.78 is 12.8. The number of urea groups is 1. The molecular formula is C31H39N3O6. The lowest BCUT2D eigenvalue weighted by molar-refractivity contribution is -0.252. The summed E-state index contributed by atoms with van der Waals surface area (Å²) in [4.78, 5) is 13.7. The van der Waals surface area contributed by atoms with Gasteiger partial charge in [-0.25, -0.2) is 4.79 Å². The lowest BCUT2D eigenvalue weighted by atomic mass is 9.99. The van der Waals surface area contributed by atoms with Crippen molar-refractivity contribution in [3.63, 3.8) is 0 Å². The van der Waals surface area contributed by atoms with E-state index in [1.807, 2.05) is 67.4 Å². The third-order valence-corrected chi connectivity index (χ3v) is 6.91. The molecule has 1 fully saturated rings. The summed E-state index contributed by atoms with van der Waals surface area (Å²) in [6, 6.07) is 22.0. The van der Waals surface area contributed by atoms with Gasteiger partial charge in [0.1, 0.15) is 5.75 Å². The molecule has 1 aliphatic rings. The maximum atomic E-state index is 11.7. The Bertz CT molecular complexity index is 1220. The van der Waals surface area contributed by atoms with Crippen molar-refractivity contribution in [2.45, 2.75) is 51.1 Å². The molecule has 3 aromatic rings. The molecule has 9 nitrogen and oxygen atoms in total. The fourth-order valence-corrected chi connectivity index (χ4v) is 4.79. The van der Waals surface area contributed by atoms with Crippen LogP contribution in [0.4, 0.5) is 4.79 Å². The zero-order valence-corrected chi connectivity index (χ0v) is 23.0. The summed E-state index contributed by atoms with van der Waals surface area (Å²) in [5, 5.41) is 35.5. The Labute approximate surface area is 235 Å². The van der Waals surface area contributed by atoms with Crippen molar-refractivity contribution in [2.24, 2.45) is 0 Å². The van der Waals surface area contributed by atoms with Gasteiger partial charge in [-0.1, -0.05) is 60.7 Å². The average Bonchev–Trinajstić information content (AvgIpc) is 2.96. The highest BCUT2D eigenvalue weighted by molar-refractivity contribution is 5.73. The molecule has 5 N–H and O–H groups in total. The van der Waals surface area contributed by atoms with Crippen LogP contribution in [0.3, 0.4) is 0 Å². The molecule has 40 heavy (non-hydrogen) atoms. The number of phenolic OH excluding ortho intramolecular Hbond substituents is 1. The van der Waals surface area contributed by atoms with Gasteiger partial charge < -0.3 is 40.3 Å². The van der Waals surface area contributed by atoms with Crippen LogP contribution >= 0.6 is 0 Å². The second-order valence-corrected chi connectivity index (χ2v) is 10.1. The Hall–Kier alpha value is -3.47. The van der Waals surface area contributed by atoms with Crippen LogP contribution in [0, 0.1) is 0 Å². The van der Waals surface area contributed by atoms with Gasteiger partial charge in [0.25, 0.3) is 0 Å². The first-order valence-electron chi connectivity index (χ1n) is 13.6. The molecule has 1 heterocycles. The molecule has 0 aliphatic carbocycles. The molecule has 3 aromatic carbocycles. The van der Waals surface area contributed by atoms with Gasteiger partial charge in [0, 0.05) is 38.2 Å². The van der Waals surface area contributed by atoms with E-state index in [-0.39, 0.29) is 30.6 Å². The number of aromatic hydroxyl groups is 1. The minimum absolute atomic E-state index is 0.0201. The van der Waals surface area contributed by atoms with E-state index in [0.717, 1.165) is 22.3 Å². The number of hydrogen-bond acceptors (Lipinski definition) is 7. The molecule has 0 spiro atoms. The minimum Gasteiger partial charge on any atom is -0.508 e. The highest BCUT2D eigenvalue weighted by Gasteiger charge is 2.33. The monoisotopic (exact) mass is 549 g/mol. The second-order valence-electron chi connectivity index (χ2n) is 10.1. The predicted molar refractivity (Wildman–Crippen MR) is 151 cm³/mol. The van der Waals surface area contributed by atoms with Gasteiger partial charge in [0.2, 0.25) is 0 Å². The van der Waals surface area contributed by atoms with E-state index < -0.39 is 12.4 Å². The number of likely N-dealkylation sites (N-methyl/N-ethyl adjacent to an activating group) is 1. The van der Waals surface area contributed by atoms with E-state index in [0.29, 0.717) is 38.2 Å². The maximum Gasteiger partial charge on any atom is 0.315 e. The van der Waals surface area contributed by atoms with Gasteiger partial charge >= 0.3 is 6.03 Å². The fraction of sp³-hybridized carbons (Fsp3) is 0.387. The molecule has 0 saturated carbocycles. The lowest BCUT2D eigenvalue weighted by Crippen LogP contribution is -2.39. The first kappa shape index (κ1) is 29.5. The number of carbonyl (C=O) groups is 1. The van der Waals surface area contributed by atoms with Crippen LogP contribution in [0.25, 0.3) is 0 Å². The quantitative estimate of drug-likeness (QED) is 0.246. The largest absolute Gasteiger partial charge is 0.508 e. The number of ether oxygens (including phenoxy) is 2. The van der Waals surface area contributed by atoms with E-state index in [9.17, 15) is 20.1 Å². The molecule has 0 radical (unpaired) electrons. The molecule has 2 amide bonds. The summed E-state index contributed by atoms with van der Waals surface area (Å²) in [6.07, 6.45) is -1.14. The lowest BCUT2D eigenvalue weighted by Gasteiger charge is -2.38. The van der Waals surface area contributed by atoms with Crippen molar-refractivity contribution in [2.75, 3.05) is 26.7 Å². The van der Waals surface area contributed by atoms with Crippen molar-refractivity contribution in [3.05, 3.63) is 101 Å². The molecule has 0 aromatic heterocycles. The topological polar surface area (TPSA) is 124 Å². The molecule has 4 rings (SSSR count). The van der Waals surface area contributed by atoms with Crippen molar-refractivity contribution >= 4 is 6.03 Å². The van der Waals surface area contributed by atoms with E-state index >= 15 is 0 Å². The first-order valence-corrected chi connectivity index (χ1v) is 13.6. The SMILES string of the molecule is CCNC(=O)NCc1ccc([C@@H]2O[C@H](CN(C)C[C@@H](O)c3cccc(O)c3)C[C@H](c3ccc(CO)cc3)O2)cc1. The maximum absolute atomic E-state index is 11.7. The number of carbonyl (C=O) groups excluding carboxylic acids is 1. The number of benzene rings is 3. The first-order chi connectivity index (χ1) is 19.3. The van der Waals surface area contributed by atoms with E-state index in [4.69, 9.17) is 9.47 Å². The molecule has 1 aliphatic heterocycles. The van der Waals surface area contributed by atoms with Gasteiger partial charge in [-0.05, 0) is 48.4 Å². The number of amides is 2. The van der Waals surface area contributed by atoms with E-state index in [1.54, 1.807) is 24.3 Å². The molecule has 9 heteroatoms. The Morgan fingerprint density at radius 2 is 1.70 bits per heavy atom. The van der Waals surface area contributed by atoms with Gasteiger partial charge in [0.15, 0.2) is 6.29 Å². The van der Waals surface area contributed by atoms with Crippen molar-refractivity contribution in [3.8, 4) is 5.75 Å². The van der Waals surface area contributed by atoms with Crippen LogP contribution in [0.15, 0.2) is 72.8 Å². The van der Waals surface area contributed by atoms with Gasteiger partial charge in [-0.2, -0.15) is 0 Å². The molecular weight excluding hydrogens is 510 g/mol. The summed E-state index contributed by atoms with van der Waals surface area (Å²) >= 11 is 0. The zero-order chi connectivity index (χ0) is 28.5. The molecule has 0 bridgehead atoms. The van der Waals surface area contributed by atoms with Crippen LogP contribution in [0.2, 0.25) is 0 Å². The third-order valence-electron chi connectivity index (χ3n) is 6.91. The van der Waals surface area contributed by atoms with Crippen LogP contribution in [-0.4, -0.2) is 59.0 Å². The predicted octanol–water partition coefficient (Wildman–Crippen LogP) is 3.91. The standard InChI is InChI=1S/C31H39N3O6/c1-3-32-31(38)33-17-21-7-13-24(14-8-21)30-39-27(16-29(40-30)23-11-9-22(20-35)10-12-23)18-34(2)19-28(37)25-5-4-6-26(36)15-25/h4-15,27-30,35-37H,3,16-20H2,1-2H3,(H2,32,33,38)/t27-,28+,29+,30+/m0/s1. The number of nitrogens with zero attached hydrogens (tertiary/aromatic N) is 1. The van der Waals surface area contributed by atoms with E-state index in [2.05, 4.69) is 10.6 Å². The average molecular weight is 550 g/mol. The summed E-state index contributed by atoms with van der Waals surface area (Å²) in [6.45, 7) is 3.76. The number of aliphatic hydroxyl groups excluding tert-OH is 2. The van der Waals surface area contributed by atoms with E-state index in [1.165, 1.54) is 0 Å². The van der Waals surface area contributed by atoms with Crippen molar-refractivity contribution < 1.29 is 29.6 Å². The Morgan fingerprint density at radius 1 is 1.00 bits per heavy atom. The van der Waals surface area contributed by atoms with Crippen LogP contribution in [0.1, 0.15) is 59.7 Å². The molecule has 214 valence electrons. The second kappa shape index (κ2) is 14.2. The number of phenols is 1. The van der Waals surface area contributed by atoms with Gasteiger partial charge in [-0.3, -0.25) is 0 Å². The summed E-state index contributed by atoms with van der Waals surface area (Å²) in [7, 11) is 1.93. The van der Waals surface area contributed by atoms with Crippen molar-refractivity contribution in [1.29, 1.82) is 0 Å². The summed E-state index contributed by atoms with van der Waals surface area (Å²) in [5.74, 6) is 0.121. The van der Waals surface area contributed by atoms with Crippen LogP contribution in [0.5, 0.6) is 5.75 Å². The highest BCUT2D eigenvalue weighted by atomic mass is 16.7. The van der Waals surface area contributed by atoms with Gasteiger partial charge in [-0.15, -0.1) is 0 Å². The Kier molecular flexibility index (Phi) is 10.5. The smallest absolute Gasteiger partial charge is 0.315 e. The number of rotatable bonds is 11.